The summed E-state index contributed by atoms with van der Waals surface area (Å²) in [6, 6.07) is 10.7. The van der Waals surface area contributed by atoms with Crippen molar-refractivity contribution < 1.29 is 22.7 Å². The van der Waals surface area contributed by atoms with Crippen molar-refractivity contribution in [3.8, 4) is 11.6 Å². The first-order valence-electron chi connectivity index (χ1n) is 12.6. The van der Waals surface area contributed by atoms with Crippen molar-refractivity contribution in [1.29, 1.82) is 0 Å². The molecule has 1 aliphatic rings. The molecule has 4 aromatic rings. The van der Waals surface area contributed by atoms with Gasteiger partial charge in [-0.05, 0) is 55.4 Å². The lowest BCUT2D eigenvalue weighted by molar-refractivity contribution is -0.138. The number of anilines is 1. The van der Waals surface area contributed by atoms with Gasteiger partial charge in [0.25, 0.3) is 5.91 Å². The van der Waals surface area contributed by atoms with Gasteiger partial charge in [-0.25, -0.2) is 4.98 Å². The van der Waals surface area contributed by atoms with Crippen molar-refractivity contribution in [1.82, 2.24) is 24.3 Å². The number of fused-ring (bicyclic) bond motifs is 1. The number of nitrogens with zero attached hydrogens (tertiary/aromatic N) is 5. The monoisotopic (exact) mass is 538 g/mol. The Labute approximate surface area is 224 Å². The number of nitrogens with one attached hydrogen (secondary N) is 1. The molecule has 1 fully saturated rings. The van der Waals surface area contributed by atoms with Crippen molar-refractivity contribution in [3.63, 3.8) is 0 Å². The average Bonchev–Trinajstić information content (AvgIpc) is 3.28. The van der Waals surface area contributed by atoms with Gasteiger partial charge in [0.15, 0.2) is 0 Å². The summed E-state index contributed by atoms with van der Waals surface area (Å²) in [6.45, 7) is 5.06. The zero-order chi connectivity index (χ0) is 27.7. The van der Waals surface area contributed by atoms with Gasteiger partial charge in [0.2, 0.25) is 5.88 Å². The van der Waals surface area contributed by atoms with E-state index in [4.69, 9.17) is 4.74 Å². The molecule has 1 aliphatic heterocycles. The van der Waals surface area contributed by atoms with E-state index < -0.39 is 17.6 Å². The fraction of sp³-hybridized carbons (Fsp3) is 0.321. The molecule has 11 heteroatoms. The molecule has 0 spiro atoms. The van der Waals surface area contributed by atoms with E-state index in [1.807, 2.05) is 42.7 Å². The number of hydrogen-bond acceptors (Lipinski definition) is 6. The fourth-order valence-electron chi connectivity index (χ4n) is 4.62. The summed E-state index contributed by atoms with van der Waals surface area (Å²) in [6.07, 6.45) is -1.31. The van der Waals surface area contributed by atoms with Crippen LogP contribution in [0.15, 0.2) is 55.0 Å². The number of halogens is 3. The van der Waals surface area contributed by atoms with Gasteiger partial charge in [-0.1, -0.05) is 12.1 Å². The summed E-state index contributed by atoms with van der Waals surface area (Å²) in [5, 5.41) is 2.61. The van der Waals surface area contributed by atoms with Crippen LogP contribution in [0.1, 0.15) is 27.0 Å². The molecule has 204 valence electrons. The van der Waals surface area contributed by atoms with E-state index in [2.05, 4.69) is 20.2 Å². The number of piperazine rings is 1. The number of amides is 1. The Bertz CT molecular complexity index is 1510. The van der Waals surface area contributed by atoms with Gasteiger partial charge in [0, 0.05) is 57.2 Å². The second-order valence-corrected chi connectivity index (χ2v) is 9.82. The summed E-state index contributed by atoms with van der Waals surface area (Å²) in [5.74, 6) is 0.188. The lowest BCUT2D eigenvalue weighted by atomic mass is 10.0. The Morgan fingerprint density at radius 2 is 1.79 bits per heavy atom. The Kier molecular flexibility index (Phi) is 7.28. The molecule has 1 N–H and O–H groups in total. The maximum atomic E-state index is 14.0. The SMILES string of the molecule is Cc1ccc(C(=O)Nc2ccc(CN3CCN(C)CC3)c(C(F)(F)F)c2)cc1Oc1ncnc2ccn(C)c12. The van der Waals surface area contributed by atoms with Gasteiger partial charge in [0.05, 0.1) is 11.1 Å². The smallest absolute Gasteiger partial charge is 0.416 e. The number of rotatable bonds is 6. The van der Waals surface area contributed by atoms with Gasteiger partial charge < -0.3 is 19.5 Å². The minimum atomic E-state index is -4.55. The van der Waals surface area contributed by atoms with Crippen molar-refractivity contribution in [2.24, 2.45) is 7.05 Å². The van der Waals surface area contributed by atoms with Crippen LogP contribution in [0.4, 0.5) is 18.9 Å². The molecule has 0 unspecified atom stereocenters. The second-order valence-electron chi connectivity index (χ2n) is 9.82. The predicted molar refractivity (Wildman–Crippen MR) is 142 cm³/mol. The molecule has 0 atom stereocenters. The van der Waals surface area contributed by atoms with Crippen LogP contribution in [0.5, 0.6) is 11.6 Å². The summed E-state index contributed by atoms with van der Waals surface area (Å²) in [5.41, 5.74) is 1.92. The second kappa shape index (κ2) is 10.7. The third-order valence-electron chi connectivity index (χ3n) is 6.95. The Morgan fingerprint density at radius 1 is 1.03 bits per heavy atom. The largest absolute Gasteiger partial charge is 0.437 e. The molecule has 0 radical (unpaired) electrons. The standard InChI is InChI=1S/C28H29F3N6O2/c1-18-4-5-19(14-24(18)39-27-25-23(32-17-33-27)8-9-36(25)3)26(38)34-21-7-6-20(22(15-21)28(29,30)31)16-37-12-10-35(2)11-13-37/h4-9,14-15,17H,10-13,16H2,1-3H3,(H,34,38). The third kappa shape index (κ3) is 5.89. The van der Waals surface area contributed by atoms with Crippen molar-refractivity contribution in [2.45, 2.75) is 19.6 Å². The summed E-state index contributed by atoms with van der Waals surface area (Å²) >= 11 is 0. The summed E-state index contributed by atoms with van der Waals surface area (Å²) < 4.78 is 49.8. The van der Waals surface area contributed by atoms with Gasteiger partial charge in [0.1, 0.15) is 17.6 Å². The predicted octanol–water partition coefficient (Wildman–Crippen LogP) is 5.09. The molecule has 8 nitrogen and oxygen atoms in total. The van der Waals surface area contributed by atoms with E-state index >= 15 is 0 Å². The van der Waals surface area contributed by atoms with Gasteiger partial charge in [-0.15, -0.1) is 0 Å². The van der Waals surface area contributed by atoms with Gasteiger partial charge in [-0.3, -0.25) is 9.69 Å². The van der Waals surface area contributed by atoms with Gasteiger partial charge >= 0.3 is 6.18 Å². The topological polar surface area (TPSA) is 75.5 Å². The molecule has 1 saturated heterocycles. The fourth-order valence-corrected chi connectivity index (χ4v) is 4.62. The van der Waals surface area contributed by atoms with E-state index in [-0.39, 0.29) is 23.4 Å². The van der Waals surface area contributed by atoms with E-state index in [9.17, 15) is 18.0 Å². The maximum absolute atomic E-state index is 14.0. The molecule has 5 rings (SSSR count). The van der Waals surface area contributed by atoms with Crippen molar-refractivity contribution in [2.75, 3.05) is 38.5 Å². The first-order chi connectivity index (χ1) is 18.6. The zero-order valence-corrected chi connectivity index (χ0v) is 21.9. The number of carbonyl (C=O) groups is 1. The number of aryl methyl sites for hydroxylation is 2. The highest BCUT2D eigenvalue weighted by Gasteiger charge is 2.34. The number of alkyl halides is 3. The highest BCUT2D eigenvalue weighted by atomic mass is 19.4. The summed E-state index contributed by atoms with van der Waals surface area (Å²) in [7, 11) is 3.85. The zero-order valence-electron chi connectivity index (χ0n) is 21.9. The molecule has 39 heavy (non-hydrogen) atoms. The van der Waals surface area contributed by atoms with Crippen LogP contribution in [-0.4, -0.2) is 63.5 Å². The Hall–Kier alpha value is -3.96. The minimum absolute atomic E-state index is 0.0683. The van der Waals surface area contributed by atoms with Crippen LogP contribution in [-0.2, 0) is 19.8 Å². The van der Waals surface area contributed by atoms with Crippen LogP contribution in [0.2, 0.25) is 0 Å². The number of benzene rings is 2. The quantitative estimate of drug-likeness (QED) is 0.369. The molecule has 3 heterocycles. The third-order valence-corrected chi connectivity index (χ3v) is 6.95. The van der Waals surface area contributed by atoms with Crippen LogP contribution >= 0.6 is 0 Å². The number of aromatic nitrogens is 3. The van der Waals surface area contributed by atoms with Crippen molar-refractivity contribution >= 4 is 22.6 Å². The lowest BCUT2D eigenvalue weighted by Crippen LogP contribution is -2.44. The summed E-state index contributed by atoms with van der Waals surface area (Å²) in [4.78, 5) is 25.7. The van der Waals surface area contributed by atoms with E-state index in [1.54, 1.807) is 18.2 Å². The highest BCUT2D eigenvalue weighted by molar-refractivity contribution is 6.04. The highest BCUT2D eigenvalue weighted by Crippen LogP contribution is 2.35. The molecule has 2 aromatic heterocycles. The molecule has 0 aliphatic carbocycles. The van der Waals surface area contributed by atoms with Gasteiger partial charge in [-0.2, -0.15) is 18.2 Å². The number of ether oxygens (including phenoxy) is 1. The Balaban J connectivity index is 1.36. The number of hydrogen-bond donors (Lipinski definition) is 1. The molecule has 2 aromatic carbocycles. The van der Waals surface area contributed by atoms with E-state index in [0.717, 1.165) is 24.7 Å². The molecule has 0 bridgehead atoms. The van der Waals surface area contributed by atoms with E-state index in [0.29, 0.717) is 35.8 Å². The first kappa shape index (κ1) is 26.6. The van der Waals surface area contributed by atoms with Crippen LogP contribution in [0.25, 0.3) is 11.0 Å². The number of likely N-dealkylation sites (N-methyl/N-ethyl adjacent to an activating group) is 1. The van der Waals surface area contributed by atoms with Crippen LogP contribution in [0.3, 0.4) is 0 Å². The normalized spacial score (nSPS) is 15.0. The van der Waals surface area contributed by atoms with Crippen LogP contribution in [0, 0.1) is 6.92 Å². The lowest BCUT2D eigenvalue weighted by Gasteiger charge is -2.33. The molecular formula is C28H29F3N6O2. The number of carbonyl (C=O) groups excluding carboxylic acids is 1. The Morgan fingerprint density at radius 3 is 2.54 bits per heavy atom. The van der Waals surface area contributed by atoms with E-state index in [1.165, 1.54) is 18.5 Å². The van der Waals surface area contributed by atoms with Crippen molar-refractivity contribution in [3.05, 3.63) is 77.2 Å². The molecule has 0 saturated carbocycles. The molecule has 1 amide bonds. The molecular weight excluding hydrogens is 509 g/mol. The minimum Gasteiger partial charge on any atom is -0.437 e. The first-order valence-corrected chi connectivity index (χ1v) is 12.6. The van der Waals surface area contributed by atoms with Crippen LogP contribution < -0.4 is 10.1 Å². The maximum Gasteiger partial charge on any atom is 0.416 e. The average molecular weight is 539 g/mol.